The van der Waals surface area contributed by atoms with Crippen LogP contribution >= 0.6 is 0 Å². The number of hydrogen-bond donors (Lipinski definition) is 1. The van der Waals surface area contributed by atoms with Crippen LogP contribution in [0.25, 0.3) is 22.4 Å². The molecule has 0 spiro atoms. The zero-order chi connectivity index (χ0) is 19.4. The van der Waals surface area contributed by atoms with Gasteiger partial charge in [0.1, 0.15) is 17.1 Å². The molecule has 2 aromatic heterocycles. The van der Waals surface area contributed by atoms with E-state index in [2.05, 4.69) is 21.8 Å². The summed E-state index contributed by atoms with van der Waals surface area (Å²) in [6, 6.07) is 4.17. The number of carbonyl (C=O) groups is 1. The minimum Gasteiger partial charge on any atom is -0.491 e. The van der Waals surface area contributed by atoms with Gasteiger partial charge in [-0.15, -0.1) is 0 Å². The number of imidazole rings is 1. The van der Waals surface area contributed by atoms with Gasteiger partial charge in [-0.1, -0.05) is 0 Å². The predicted octanol–water partition coefficient (Wildman–Crippen LogP) is 2.58. The second-order valence-corrected chi connectivity index (χ2v) is 8.10. The van der Waals surface area contributed by atoms with Crippen molar-refractivity contribution in [3.05, 3.63) is 29.6 Å². The molecular formula is C21H25N5O2. The van der Waals surface area contributed by atoms with E-state index in [1.165, 1.54) is 0 Å². The fourth-order valence-corrected chi connectivity index (χ4v) is 4.41. The fourth-order valence-electron chi connectivity index (χ4n) is 4.41. The molecule has 2 N–H and O–H groups in total. The maximum absolute atomic E-state index is 11.9. The Kier molecular flexibility index (Phi) is 3.92. The van der Waals surface area contributed by atoms with E-state index in [1.54, 1.807) is 0 Å². The number of ether oxygens (including phenoxy) is 1. The van der Waals surface area contributed by atoms with Gasteiger partial charge in [-0.25, -0.2) is 4.98 Å². The molecule has 1 aromatic carbocycles. The predicted molar refractivity (Wildman–Crippen MR) is 106 cm³/mol. The zero-order valence-corrected chi connectivity index (χ0v) is 16.3. The molecule has 0 unspecified atom stereocenters. The maximum atomic E-state index is 11.9. The minimum absolute atomic E-state index is 0.0995. The summed E-state index contributed by atoms with van der Waals surface area (Å²) in [5.41, 5.74) is 10.7. The Morgan fingerprint density at radius 3 is 2.89 bits per heavy atom. The lowest BCUT2D eigenvalue weighted by molar-refractivity contribution is -0.122. The van der Waals surface area contributed by atoms with Crippen molar-refractivity contribution in [2.45, 2.75) is 39.2 Å². The summed E-state index contributed by atoms with van der Waals surface area (Å²) >= 11 is 0. The molecule has 1 fully saturated rings. The van der Waals surface area contributed by atoms with Crippen molar-refractivity contribution in [3.63, 3.8) is 0 Å². The van der Waals surface area contributed by atoms with Gasteiger partial charge in [0, 0.05) is 25.7 Å². The van der Waals surface area contributed by atoms with Gasteiger partial charge in [-0.3, -0.25) is 9.48 Å². The Morgan fingerprint density at radius 2 is 2.21 bits per heavy atom. The number of nitrogens with zero attached hydrogens (tertiary/aromatic N) is 4. The minimum atomic E-state index is -0.202. The molecule has 0 radical (unpaired) electrons. The van der Waals surface area contributed by atoms with Crippen LogP contribution < -0.4 is 10.5 Å². The van der Waals surface area contributed by atoms with Crippen LogP contribution in [0, 0.1) is 18.8 Å². The zero-order valence-electron chi connectivity index (χ0n) is 16.3. The Morgan fingerprint density at radius 1 is 1.39 bits per heavy atom. The lowest BCUT2D eigenvalue weighted by atomic mass is 9.94. The molecular weight excluding hydrogens is 354 g/mol. The molecule has 1 saturated carbocycles. The van der Waals surface area contributed by atoms with Crippen molar-refractivity contribution in [2.75, 3.05) is 6.61 Å². The Hall–Kier alpha value is -2.83. The molecule has 7 heteroatoms. The van der Waals surface area contributed by atoms with Crippen LogP contribution in [0.4, 0.5) is 0 Å². The van der Waals surface area contributed by atoms with Crippen molar-refractivity contribution < 1.29 is 9.53 Å². The van der Waals surface area contributed by atoms with E-state index in [0.29, 0.717) is 18.9 Å². The summed E-state index contributed by atoms with van der Waals surface area (Å²) in [5, 5.41) is 4.48. The summed E-state index contributed by atoms with van der Waals surface area (Å²) in [6.07, 6.45) is 5.79. The van der Waals surface area contributed by atoms with Crippen LogP contribution in [-0.4, -0.2) is 31.8 Å². The normalized spacial score (nSPS) is 17.4. The average molecular weight is 379 g/mol. The molecule has 1 atom stereocenters. The number of rotatable bonds is 5. The average Bonchev–Trinajstić information content (AvgIpc) is 3.37. The Labute approximate surface area is 163 Å². The quantitative estimate of drug-likeness (QED) is 0.738. The highest BCUT2D eigenvalue weighted by Gasteiger charge is 2.35. The first-order chi connectivity index (χ1) is 13.5. The molecule has 5 rings (SSSR count). The smallest absolute Gasteiger partial charge is 0.221 e. The van der Waals surface area contributed by atoms with Gasteiger partial charge >= 0.3 is 0 Å². The van der Waals surface area contributed by atoms with E-state index in [1.807, 2.05) is 24.9 Å². The first-order valence-electron chi connectivity index (χ1n) is 9.97. The first kappa shape index (κ1) is 17.3. The highest BCUT2D eigenvalue weighted by atomic mass is 16.5. The fraction of sp³-hybridized carbons (Fsp3) is 0.476. The SMILES string of the molecule is Cc1nn(C)cc1-c1nc2cc(C[C@H](C(N)=O)C3CC3)cc3c2n1CCCO3. The molecule has 3 heterocycles. The number of carbonyl (C=O) groups excluding carboxylic acids is 1. The second-order valence-electron chi connectivity index (χ2n) is 8.10. The van der Waals surface area contributed by atoms with Gasteiger partial charge in [-0.05, 0) is 56.2 Å². The number of amides is 1. The van der Waals surface area contributed by atoms with Gasteiger partial charge in [0.25, 0.3) is 0 Å². The van der Waals surface area contributed by atoms with Crippen LogP contribution in [0.2, 0.25) is 0 Å². The molecule has 1 amide bonds. The summed E-state index contributed by atoms with van der Waals surface area (Å²) in [7, 11) is 1.93. The molecule has 28 heavy (non-hydrogen) atoms. The van der Waals surface area contributed by atoms with Gasteiger partial charge in [-0.2, -0.15) is 5.10 Å². The number of benzene rings is 1. The summed E-state index contributed by atoms with van der Waals surface area (Å²) in [4.78, 5) is 16.9. The van der Waals surface area contributed by atoms with Crippen molar-refractivity contribution in [2.24, 2.45) is 24.6 Å². The number of aromatic nitrogens is 4. The number of aryl methyl sites for hydroxylation is 3. The number of primary amides is 1. The lowest BCUT2D eigenvalue weighted by Gasteiger charge is -2.13. The van der Waals surface area contributed by atoms with Crippen LogP contribution in [0.5, 0.6) is 5.75 Å². The van der Waals surface area contributed by atoms with E-state index in [9.17, 15) is 4.79 Å². The van der Waals surface area contributed by atoms with Crippen molar-refractivity contribution in [1.82, 2.24) is 19.3 Å². The van der Waals surface area contributed by atoms with Gasteiger partial charge < -0.3 is 15.0 Å². The maximum Gasteiger partial charge on any atom is 0.221 e. The Bertz CT molecular complexity index is 1080. The third-order valence-corrected chi connectivity index (χ3v) is 5.92. The van der Waals surface area contributed by atoms with E-state index in [4.69, 9.17) is 15.5 Å². The second kappa shape index (κ2) is 6.36. The monoisotopic (exact) mass is 379 g/mol. The summed E-state index contributed by atoms with van der Waals surface area (Å²) < 4.78 is 10.1. The van der Waals surface area contributed by atoms with Crippen LogP contribution in [0.3, 0.4) is 0 Å². The van der Waals surface area contributed by atoms with Gasteiger partial charge in [0.2, 0.25) is 5.91 Å². The molecule has 7 nitrogen and oxygen atoms in total. The number of hydrogen-bond acceptors (Lipinski definition) is 4. The van der Waals surface area contributed by atoms with Crippen LogP contribution in [0.1, 0.15) is 30.5 Å². The molecule has 0 bridgehead atoms. The standard InChI is InChI=1S/C21H25N5O2/c1-12-16(11-25(2)24-12)21-23-17-9-13(8-15(20(22)27)14-4-5-14)10-18-19(17)26(21)6-3-7-28-18/h9-11,14-15H,3-8H2,1-2H3,(H2,22,27)/t15-/m0/s1. The Balaban J connectivity index is 1.63. The largest absolute Gasteiger partial charge is 0.491 e. The topological polar surface area (TPSA) is 88.0 Å². The molecule has 146 valence electrons. The van der Waals surface area contributed by atoms with Gasteiger partial charge in [0.15, 0.2) is 0 Å². The van der Waals surface area contributed by atoms with E-state index in [0.717, 1.165) is 65.2 Å². The summed E-state index contributed by atoms with van der Waals surface area (Å²) in [6.45, 7) is 3.54. The molecule has 3 aromatic rings. The van der Waals surface area contributed by atoms with E-state index >= 15 is 0 Å². The van der Waals surface area contributed by atoms with Crippen LogP contribution in [-0.2, 0) is 24.8 Å². The number of nitrogens with two attached hydrogens (primary N) is 1. The van der Waals surface area contributed by atoms with Crippen molar-refractivity contribution in [3.8, 4) is 17.1 Å². The van der Waals surface area contributed by atoms with E-state index in [-0.39, 0.29) is 11.8 Å². The lowest BCUT2D eigenvalue weighted by Crippen LogP contribution is -2.26. The van der Waals surface area contributed by atoms with Crippen LogP contribution in [0.15, 0.2) is 18.3 Å². The third-order valence-electron chi connectivity index (χ3n) is 5.92. The van der Waals surface area contributed by atoms with Crippen molar-refractivity contribution >= 4 is 16.9 Å². The van der Waals surface area contributed by atoms with E-state index < -0.39 is 0 Å². The molecule has 1 aliphatic carbocycles. The van der Waals surface area contributed by atoms with Gasteiger partial charge in [0.05, 0.1) is 23.4 Å². The summed E-state index contributed by atoms with van der Waals surface area (Å²) in [5.74, 6) is 1.91. The first-order valence-corrected chi connectivity index (χ1v) is 9.97. The van der Waals surface area contributed by atoms with Crippen molar-refractivity contribution in [1.29, 1.82) is 0 Å². The third kappa shape index (κ3) is 2.85. The highest BCUT2D eigenvalue weighted by Crippen LogP contribution is 2.40. The molecule has 1 aliphatic heterocycles. The molecule has 2 aliphatic rings. The molecule has 0 saturated heterocycles. The highest BCUT2D eigenvalue weighted by molar-refractivity contribution is 5.87.